The molecule has 5 rings (SSSR count). The van der Waals surface area contributed by atoms with Crippen molar-refractivity contribution in [2.24, 2.45) is 5.16 Å². The number of nitrogens with one attached hydrogen (secondary N) is 1. The van der Waals surface area contributed by atoms with E-state index >= 15 is 0 Å². The van der Waals surface area contributed by atoms with Crippen LogP contribution in [0.2, 0.25) is 0 Å². The highest BCUT2D eigenvalue weighted by molar-refractivity contribution is 6.12. The van der Waals surface area contributed by atoms with Crippen molar-refractivity contribution in [3.63, 3.8) is 0 Å². The Kier molecular flexibility index (Phi) is 5.09. The molecule has 0 saturated heterocycles. The number of rotatable bonds is 4. The molecule has 0 aromatic carbocycles. The molecular formula is C22H28F3N5O. The molecule has 168 valence electrons. The molecule has 2 aliphatic carbocycles. The summed E-state index contributed by atoms with van der Waals surface area (Å²) >= 11 is 0. The Morgan fingerprint density at radius 3 is 2.58 bits per heavy atom. The van der Waals surface area contributed by atoms with E-state index in [2.05, 4.69) is 20.6 Å². The van der Waals surface area contributed by atoms with Gasteiger partial charge in [0.15, 0.2) is 11.3 Å². The molecule has 31 heavy (non-hydrogen) atoms. The van der Waals surface area contributed by atoms with Crippen molar-refractivity contribution in [3.05, 3.63) is 17.5 Å². The van der Waals surface area contributed by atoms with E-state index in [1.54, 1.807) is 6.20 Å². The summed E-state index contributed by atoms with van der Waals surface area (Å²) in [5.41, 5.74) is -0.238. The fourth-order valence-corrected chi connectivity index (χ4v) is 5.35. The molecule has 0 radical (unpaired) electrons. The molecule has 2 aromatic heterocycles. The Labute approximate surface area is 179 Å². The highest BCUT2D eigenvalue weighted by Gasteiger charge is 2.46. The number of fused-ring (bicyclic) bond motifs is 1. The van der Waals surface area contributed by atoms with Gasteiger partial charge < -0.3 is 10.2 Å². The Morgan fingerprint density at radius 2 is 1.90 bits per heavy atom. The van der Waals surface area contributed by atoms with Crippen LogP contribution in [0.1, 0.15) is 82.4 Å². The number of aryl methyl sites for hydroxylation is 1. The number of pyridine rings is 1. The highest BCUT2D eigenvalue weighted by atomic mass is 19.4. The van der Waals surface area contributed by atoms with Gasteiger partial charge in [0.2, 0.25) is 0 Å². The number of hydrogen-bond acceptors (Lipinski definition) is 5. The molecule has 0 atom stereocenters. The summed E-state index contributed by atoms with van der Waals surface area (Å²) in [5, 5.41) is 12.6. The maximum absolute atomic E-state index is 14.3. The molecule has 3 heterocycles. The molecular weight excluding hydrogens is 407 g/mol. The molecule has 0 unspecified atom stereocenters. The van der Waals surface area contributed by atoms with Crippen molar-refractivity contribution >= 4 is 22.4 Å². The third-order valence-corrected chi connectivity index (χ3v) is 6.95. The summed E-state index contributed by atoms with van der Waals surface area (Å²) in [6, 6.07) is 0.132. The molecule has 1 N–H and O–H groups in total. The fraction of sp³-hybridized carbons (Fsp3) is 0.682. The average Bonchev–Trinajstić information content (AvgIpc) is 3.48. The number of alkyl halides is 3. The van der Waals surface area contributed by atoms with Crippen molar-refractivity contribution in [1.82, 2.24) is 14.8 Å². The summed E-state index contributed by atoms with van der Waals surface area (Å²) in [7, 11) is 0. The highest BCUT2D eigenvalue weighted by Crippen LogP contribution is 2.45. The van der Waals surface area contributed by atoms with E-state index in [1.807, 2.05) is 6.92 Å². The van der Waals surface area contributed by atoms with Gasteiger partial charge in [0.05, 0.1) is 28.5 Å². The minimum absolute atomic E-state index is 0.0463. The van der Waals surface area contributed by atoms with Gasteiger partial charge in [-0.25, -0.2) is 9.67 Å². The first-order valence-corrected chi connectivity index (χ1v) is 11.4. The van der Waals surface area contributed by atoms with Crippen LogP contribution in [0.15, 0.2) is 11.4 Å². The molecule has 6 nitrogen and oxygen atoms in total. The second-order valence-electron chi connectivity index (χ2n) is 9.08. The number of anilines is 1. The van der Waals surface area contributed by atoms with Gasteiger partial charge in [-0.3, -0.25) is 0 Å². The molecule has 0 amide bonds. The SMILES string of the molecule is CCn1ncc2c(NC3CCCCC3)c(C3=NOC4(CCCC4)C3)c(C(F)(F)F)nc21. The van der Waals surface area contributed by atoms with Gasteiger partial charge in [0.1, 0.15) is 5.60 Å². The quantitative estimate of drug-likeness (QED) is 0.674. The second kappa shape index (κ2) is 7.67. The zero-order valence-electron chi connectivity index (χ0n) is 17.8. The Balaban J connectivity index is 1.68. The van der Waals surface area contributed by atoms with E-state index < -0.39 is 17.5 Å². The van der Waals surface area contributed by atoms with Crippen LogP contribution in [-0.4, -0.2) is 32.1 Å². The van der Waals surface area contributed by atoms with Gasteiger partial charge in [0, 0.05) is 19.0 Å². The monoisotopic (exact) mass is 435 g/mol. The van der Waals surface area contributed by atoms with Crippen LogP contribution in [0.5, 0.6) is 0 Å². The standard InChI is InChI=1S/C22H28F3N5O/c1-2-30-20-15(13-26-30)18(27-14-8-4-3-5-9-14)17(19(28-20)22(23,24)25)16-12-21(31-29-16)10-6-7-11-21/h13-14H,2-12H2,1H3,(H,27,28). The first kappa shape index (κ1) is 20.6. The molecule has 9 heteroatoms. The third-order valence-electron chi connectivity index (χ3n) is 6.95. The minimum atomic E-state index is -4.61. The van der Waals surface area contributed by atoms with E-state index in [0.29, 0.717) is 29.8 Å². The number of nitrogens with zero attached hydrogens (tertiary/aromatic N) is 4. The first-order valence-electron chi connectivity index (χ1n) is 11.4. The maximum atomic E-state index is 14.3. The maximum Gasteiger partial charge on any atom is 0.434 e. The van der Waals surface area contributed by atoms with Crippen molar-refractivity contribution in [1.29, 1.82) is 0 Å². The normalized spacial score (nSPS) is 21.6. The summed E-state index contributed by atoms with van der Waals surface area (Å²) in [5.74, 6) is 0. The third kappa shape index (κ3) is 3.65. The van der Waals surface area contributed by atoms with Crippen molar-refractivity contribution in [2.45, 2.75) is 95.5 Å². The van der Waals surface area contributed by atoms with Crippen LogP contribution in [0, 0.1) is 0 Å². The largest absolute Gasteiger partial charge is 0.434 e. The topological polar surface area (TPSA) is 64.3 Å². The number of aromatic nitrogens is 3. The van der Waals surface area contributed by atoms with Crippen LogP contribution >= 0.6 is 0 Å². The van der Waals surface area contributed by atoms with E-state index in [-0.39, 0.29) is 17.3 Å². The lowest BCUT2D eigenvalue weighted by molar-refractivity contribution is -0.141. The summed E-state index contributed by atoms with van der Waals surface area (Å²) in [6.07, 6.45) is 6.32. The van der Waals surface area contributed by atoms with Crippen LogP contribution in [-0.2, 0) is 17.6 Å². The summed E-state index contributed by atoms with van der Waals surface area (Å²) in [6.45, 7) is 2.30. The fourth-order valence-electron chi connectivity index (χ4n) is 5.35. The van der Waals surface area contributed by atoms with E-state index in [4.69, 9.17) is 4.84 Å². The molecule has 0 bridgehead atoms. The zero-order chi connectivity index (χ0) is 21.6. The van der Waals surface area contributed by atoms with Gasteiger partial charge in [-0.2, -0.15) is 18.3 Å². The lowest BCUT2D eigenvalue weighted by Crippen LogP contribution is -2.28. The number of halogens is 3. The minimum Gasteiger partial charge on any atom is -0.389 e. The van der Waals surface area contributed by atoms with Crippen LogP contribution in [0.4, 0.5) is 18.9 Å². The van der Waals surface area contributed by atoms with Crippen LogP contribution in [0.3, 0.4) is 0 Å². The summed E-state index contributed by atoms with van der Waals surface area (Å²) in [4.78, 5) is 9.85. The van der Waals surface area contributed by atoms with Crippen molar-refractivity contribution in [2.75, 3.05) is 5.32 Å². The molecule has 2 saturated carbocycles. The Bertz CT molecular complexity index is 1000. The molecule has 1 spiro atoms. The smallest absolute Gasteiger partial charge is 0.389 e. The molecule has 1 aliphatic heterocycles. The Hall–Kier alpha value is -2.32. The number of oxime groups is 1. The van der Waals surface area contributed by atoms with E-state index in [1.165, 1.54) is 11.1 Å². The van der Waals surface area contributed by atoms with Crippen molar-refractivity contribution < 1.29 is 18.0 Å². The van der Waals surface area contributed by atoms with Crippen molar-refractivity contribution in [3.8, 4) is 0 Å². The second-order valence-corrected chi connectivity index (χ2v) is 9.08. The predicted octanol–water partition coefficient (Wildman–Crippen LogP) is 5.65. The van der Waals surface area contributed by atoms with Gasteiger partial charge >= 0.3 is 6.18 Å². The molecule has 2 aromatic rings. The lowest BCUT2D eigenvalue weighted by atomic mass is 9.90. The predicted molar refractivity (Wildman–Crippen MR) is 112 cm³/mol. The van der Waals surface area contributed by atoms with Gasteiger partial charge in [-0.15, -0.1) is 0 Å². The Morgan fingerprint density at radius 1 is 1.16 bits per heavy atom. The van der Waals surface area contributed by atoms with E-state index in [9.17, 15) is 13.2 Å². The molecule has 3 aliphatic rings. The number of hydrogen-bond donors (Lipinski definition) is 1. The average molecular weight is 435 g/mol. The zero-order valence-corrected chi connectivity index (χ0v) is 17.8. The van der Waals surface area contributed by atoms with Gasteiger partial charge in [-0.1, -0.05) is 24.4 Å². The van der Waals surface area contributed by atoms with E-state index in [0.717, 1.165) is 51.4 Å². The van der Waals surface area contributed by atoms with Crippen LogP contribution in [0.25, 0.3) is 11.0 Å². The first-order chi connectivity index (χ1) is 14.9. The summed E-state index contributed by atoms with van der Waals surface area (Å²) < 4.78 is 44.4. The van der Waals surface area contributed by atoms with Gasteiger partial charge in [0.25, 0.3) is 0 Å². The van der Waals surface area contributed by atoms with Gasteiger partial charge in [-0.05, 0) is 45.4 Å². The lowest BCUT2D eigenvalue weighted by Gasteiger charge is -2.27. The molecule has 2 fully saturated rings. The van der Waals surface area contributed by atoms with Crippen LogP contribution < -0.4 is 5.32 Å².